The molecule has 3 heterocycles. The Kier molecular flexibility index (Phi) is 3.29. The van der Waals surface area contributed by atoms with Crippen molar-refractivity contribution in [3.8, 4) is 0 Å². The highest BCUT2D eigenvalue weighted by Crippen LogP contribution is 2.26. The Morgan fingerprint density at radius 3 is 2.86 bits per heavy atom. The molecule has 0 aliphatic rings. The number of rotatable bonds is 4. The highest BCUT2D eigenvalue weighted by molar-refractivity contribution is 7.90. The van der Waals surface area contributed by atoms with Crippen LogP contribution in [-0.4, -0.2) is 18.6 Å². The highest BCUT2D eigenvalue weighted by Gasteiger charge is 2.25. The summed E-state index contributed by atoms with van der Waals surface area (Å²) in [6.45, 7) is 3.91. The number of fused-ring (bicyclic) bond motifs is 1. The van der Waals surface area contributed by atoms with Gasteiger partial charge >= 0.3 is 0 Å². The SMILES string of the molecule is CC(C)c1conc1CS(=O)(=O)c1nccc2occc12. The van der Waals surface area contributed by atoms with Crippen molar-refractivity contribution < 1.29 is 17.4 Å². The minimum absolute atomic E-state index is 0.00598. The summed E-state index contributed by atoms with van der Waals surface area (Å²) in [6, 6.07) is 3.23. The van der Waals surface area contributed by atoms with E-state index in [2.05, 4.69) is 10.1 Å². The number of aromatic nitrogens is 2. The van der Waals surface area contributed by atoms with Gasteiger partial charge in [-0.15, -0.1) is 0 Å². The molecule has 6 nitrogen and oxygen atoms in total. The van der Waals surface area contributed by atoms with Crippen molar-refractivity contribution in [2.24, 2.45) is 0 Å². The van der Waals surface area contributed by atoms with Gasteiger partial charge in [0, 0.05) is 11.8 Å². The summed E-state index contributed by atoms with van der Waals surface area (Å²) in [7, 11) is -3.63. The predicted molar refractivity (Wildman–Crippen MR) is 75.5 cm³/mol. The topological polar surface area (TPSA) is 86.2 Å². The second-order valence-corrected chi connectivity index (χ2v) is 6.98. The van der Waals surface area contributed by atoms with E-state index in [4.69, 9.17) is 8.94 Å². The molecule has 0 N–H and O–H groups in total. The van der Waals surface area contributed by atoms with E-state index in [9.17, 15) is 8.42 Å². The van der Waals surface area contributed by atoms with Gasteiger partial charge in [0.2, 0.25) is 9.84 Å². The standard InChI is InChI=1S/C14H14N2O4S/c1-9(2)11-7-20-16-12(11)8-21(17,18)14-10-4-6-19-13(10)3-5-15-14/h3-7,9H,8H2,1-2H3. The lowest BCUT2D eigenvalue weighted by Crippen LogP contribution is -2.09. The lowest BCUT2D eigenvalue weighted by Gasteiger charge is -2.06. The van der Waals surface area contributed by atoms with Crippen LogP contribution in [-0.2, 0) is 15.6 Å². The fourth-order valence-electron chi connectivity index (χ4n) is 2.21. The van der Waals surface area contributed by atoms with E-state index in [1.54, 1.807) is 12.1 Å². The molecule has 0 unspecified atom stereocenters. The summed E-state index contributed by atoms with van der Waals surface area (Å²) in [5.41, 5.74) is 1.71. The van der Waals surface area contributed by atoms with Crippen molar-refractivity contribution in [2.45, 2.75) is 30.5 Å². The highest BCUT2D eigenvalue weighted by atomic mass is 32.2. The van der Waals surface area contributed by atoms with Crippen molar-refractivity contribution in [1.82, 2.24) is 10.1 Å². The molecule has 0 fully saturated rings. The zero-order valence-corrected chi connectivity index (χ0v) is 12.4. The van der Waals surface area contributed by atoms with E-state index in [-0.39, 0.29) is 16.7 Å². The Labute approximate surface area is 121 Å². The third kappa shape index (κ3) is 2.44. The summed E-state index contributed by atoms with van der Waals surface area (Å²) < 4.78 is 35.3. The summed E-state index contributed by atoms with van der Waals surface area (Å²) in [6.07, 6.45) is 4.35. The first-order chi connectivity index (χ1) is 9.99. The molecule has 0 aromatic carbocycles. The second-order valence-electron chi connectivity index (χ2n) is 5.08. The zero-order chi connectivity index (χ0) is 15.0. The minimum Gasteiger partial charge on any atom is -0.464 e. The number of nitrogens with zero attached hydrogens (tertiary/aromatic N) is 2. The van der Waals surface area contributed by atoms with Gasteiger partial charge in [-0.2, -0.15) is 0 Å². The molecular weight excluding hydrogens is 292 g/mol. The summed E-state index contributed by atoms with van der Waals surface area (Å²) >= 11 is 0. The van der Waals surface area contributed by atoms with Crippen LogP contribution in [0.1, 0.15) is 31.0 Å². The van der Waals surface area contributed by atoms with Crippen LogP contribution in [0.3, 0.4) is 0 Å². The molecule has 3 aromatic rings. The molecule has 0 atom stereocenters. The average molecular weight is 306 g/mol. The number of furan rings is 1. The van der Waals surface area contributed by atoms with E-state index in [0.717, 1.165) is 5.56 Å². The van der Waals surface area contributed by atoms with Crippen molar-refractivity contribution in [2.75, 3.05) is 0 Å². The van der Waals surface area contributed by atoms with Crippen LogP contribution in [0.4, 0.5) is 0 Å². The van der Waals surface area contributed by atoms with E-state index in [1.807, 2.05) is 13.8 Å². The van der Waals surface area contributed by atoms with Gasteiger partial charge in [-0.25, -0.2) is 13.4 Å². The Balaban J connectivity index is 2.05. The molecule has 110 valence electrons. The third-order valence-corrected chi connectivity index (χ3v) is 4.83. The van der Waals surface area contributed by atoms with Gasteiger partial charge in [-0.05, 0) is 18.1 Å². The fraction of sp³-hybridized carbons (Fsp3) is 0.286. The molecule has 0 bridgehead atoms. The number of pyridine rings is 1. The van der Waals surface area contributed by atoms with E-state index in [0.29, 0.717) is 16.7 Å². The van der Waals surface area contributed by atoms with E-state index >= 15 is 0 Å². The average Bonchev–Trinajstić information content (AvgIpc) is 3.05. The summed E-state index contributed by atoms with van der Waals surface area (Å²) in [5.74, 6) is -0.104. The van der Waals surface area contributed by atoms with Gasteiger partial charge < -0.3 is 8.94 Å². The van der Waals surface area contributed by atoms with Crippen molar-refractivity contribution in [1.29, 1.82) is 0 Å². The van der Waals surface area contributed by atoms with Gasteiger partial charge in [-0.3, -0.25) is 0 Å². The molecule has 21 heavy (non-hydrogen) atoms. The maximum Gasteiger partial charge on any atom is 0.202 e. The van der Waals surface area contributed by atoms with Crippen LogP contribution in [0.15, 0.2) is 44.8 Å². The molecule has 7 heteroatoms. The Morgan fingerprint density at radius 2 is 2.10 bits per heavy atom. The van der Waals surface area contributed by atoms with Crippen LogP contribution < -0.4 is 0 Å². The van der Waals surface area contributed by atoms with Crippen LogP contribution in [0.5, 0.6) is 0 Å². The molecule has 0 radical (unpaired) electrons. The molecule has 0 aliphatic heterocycles. The Bertz CT molecular complexity index is 877. The summed E-state index contributed by atoms with van der Waals surface area (Å²) in [4.78, 5) is 4.00. The van der Waals surface area contributed by atoms with Gasteiger partial charge in [0.15, 0.2) is 5.03 Å². The third-order valence-electron chi connectivity index (χ3n) is 3.26. The first-order valence-corrected chi connectivity index (χ1v) is 8.12. The fourth-order valence-corrected chi connectivity index (χ4v) is 3.65. The van der Waals surface area contributed by atoms with Crippen molar-refractivity contribution in [3.05, 3.63) is 42.1 Å². The van der Waals surface area contributed by atoms with Crippen LogP contribution in [0.25, 0.3) is 11.0 Å². The maximum atomic E-state index is 12.6. The van der Waals surface area contributed by atoms with E-state index in [1.165, 1.54) is 18.7 Å². The van der Waals surface area contributed by atoms with Crippen LogP contribution in [0, 0.1) is 0 Å². The van der Waals surface area contributed by atoms with Gasteiger partial charge in [-0.1, -0.05) is 19.0 Å². The first-order valence-electron chi connectivity index (χ1n) is 6.47. The molecule has 3 aromatic heterocycles. The molecular formula is C14H14N2O4S. The molecule has 0 amide bonds. The second kappa shape index (κ2) is 5.00. The predicted octanol–water partition coefficient (Wildman–Crippen LogP) is 2.91. The molecule has 0 spiro atoms. The van der Waals surface area contributed by atoms with Gasteiger partial charge in [0.25, 0.3) is 0 Å². The lowest BCUT2D eigenvalue weighted by molar-refractivity contribution is 0.413. The minimum atomic E-state index is -3.63. The van der Waals surface area contributed by atoms with Crippen molar-refractivity contribution in [3.63, 3.8) is 0 Å². The van der Waals surface area contributed by atoms with Crippen LogP contribution in [0.2, 0.25) is 0 Å². The van der Waals surface area contributed by atoms with Crippen LogP contribution >= 0.6 is 0 Å². The molecule has 3 rings (SSSR count). The van der Waals surface area contributed by atoms with Gasteiger partial charge in [0.1, 0.15) is 23.3 Å². The first kappa shape index (κ1) is 13.8. The largest absolute Gasteiger partial charge is 0.464 e. The van der Waals surface area contributed by atoms with Crippen molar-refractivity contribution >= 4 is 20.8 Å². The van der Waals surface area contributed by atoms with E-state index < -0.39 is 9.84 Å². The molecule has 0 saturated carbocycles. The monoisotopic (exact) mass is 306 g/mol. The number of hydrogen-bond acceptors (Lipinski definition) is 6. The molecule has 0 saturated heterocycles. The van der Waals surface area contributed by atoms with Gasteiger partial charge in [0.05, 0.1) is 11.6 Å². The quantitative estimate of drug-likeness (QED) is 0.736. The Hall–Kier alpha value is -2.15. The lowest BCUT2D eigenvalue weighted by atomic mass is 10.1. The normalized spacial score (nSPS) is 12.3. The number of hydrogen-bond donors (Lipinski definition) is 0. The zero-order valence-electron chi connectivity index (χ0n) is 11.6. The summed E-state index contributed by atoms with van der Waals surface area (Å²) in [5, 5.41) is 4.30. The maximum absolute atomic E-state index is 12.6. The number of sulfone groups is 1. The Morgan fingerprint density at radius 1 is 1.29 bits per heavy atom. The molecule has 0 aliphatic carbocycles. The smallest absolute Gasteiger partial charge is 0.202 e.